The van der Waals surface area contributed by atoms with Crippen LogP contribution in [0.2, 0.25) is 0 Å². The first-order valence-electron chi connectivity index (χ1n) is 4.88. The molecule has 1 unspecified atom stereocenters. The van der Waals surface area contributed by atoms with Crippen LogP contribution in [0, 0.1) is 12.3 Å². The fraction of sp³-hybridized carbons (Fsp3) is 0.778. The van der Waals surface area contributed by atoms with Crippen molar-refractivity contribution in [2.45, 2.75) is 20.3 Å². The fourth-order valence-electron chi connectivity index (χ4n) is 1.77. The number of rotatable bonds is 2. The molecule has 1 aromatic heterocycles. The van der Waals surface area contributed by atoms with Gasteiger partial charge in [-0.15, -0.1) is 0 Å². The number of aromatic nitrogens is 2. The molecule has 1 fully saturated rings. The second-order valence-electron chi connectivity index (χ2n) is 4.31. The second-order valence-corrected chi connectivity index (χ2v) is 5.04. The minimum Gasteiger partial charge on any atom is -0.346 e. The Morgan fingerprint density at radius 3 is 2.93 bits per heavy atom. The molecule has 0 spiro atoms. The third kappa shape index (κ3) is 1.74. The molecule has 0 radical (unpaired) electrons. The number of nitrogens with two attached hydrogens (primary N) is 1. The van der Waals surface area contributed by atoms with Gasteiger partial charge in [-0.1, -0.05) is 6.92 Å². The van der Waals surface area contributed by atoms with Gasteiger partial charge in [0.2, 0.25) is 5.13 Å². The van der Waals surface area contributed by atoms with Crippen LogP contribution in [0.1, 0.15) is 19.2 Å². The van der Waals surface area contributed by atoms with Crippen molar-refractivity contribution in [1.29, 1.82) is 0 Å². The van der Waals surface area contributed by atoms with E-state index in [1.165, 1.54) is 11.5 Å². The highest BCUT2D eigenvalue weighted by molar-refractivity contribution is 7.09. The van der Waals surface area contributed by atoms with Crippen LogP contribution >= 0.6 is 11.5 Å². The van der Waals surface area contributed by atoms with Crippen LogP contribution in [0.25, 0.3) is 0 Å². The molecule has 5 heteroatoms. The molecule has 1 aromatic rings. The van der Waals surface area contributed by atoms with Crippen LogP contribution < -0.4 is 10.6 Å². The molecule has 1 saturated heterocycles. The Kier molecular flexibility index (Phi) is 2.45. The fourth-order valence-corrected chi connectivity index (χ4v) is 2.47. The molecule has 4 nitrogen and oxygen atoms in total. The van der Waals surface area contributed by atoms with Gasteiger partial charge in [-0.25, -0.2) is 4.98 Å². The number of nitrogens with zero attached hydrogens (tertiary/aromatic N) is 3. The maximum absolute atomic E-state index is 5.75. The Bertz CT molecular complexity index is 324. The van der Waals surface area contributed by atoms with E-state index >= 15 is 0 Å². The van der Waals surface area contributed by atoms with Gasteiger partial charge in [-0.05, 0) is 25.3 Å². The molecule has 78 valence electrons. The summed E-state index contributed by atoms with van der Waals surface area (Å²) in [7, 11) is 0. The summed E-state index contributed by atoms with van der Waals surface area (Å²) in [5.74, 6) is 0.867. The van der Waals surface area contributed by atoms with E-state index in [1.807, 2.05) is 6.92 Å². The van der Waals surface area contributed by atoms with Gasteiger partial charge in [-0.2, -0.15) is 4.37 Å². The first kappa shape index (κ1) is 9.86. The smallest absolute Gasteiger partial charge is 0.205 e. The van der Waals surface area contributed by atoms with Gasteiger partial charge < -0.3 is 10.6 Å². The van der Waals surface area contributed by atoms with Crippen molar-refractivity contribution in [2.24, 2.45) is 11.1 Å². The Morgan fingerprint density at radius 2 is 2.43 bits per heavy atom. The van der Waals surface area contributed by atoms with E-state index < -0.39 is 0 Å². The van der Waals surface area contributed by atoms with Gasteiger partial charge in [0.05, 0.1) is 0 Å². The van der Waals surface area contributed by atoms with Crippen molar-refractivity contribution >= 4 is 16.7 Å². The van der Waals surface area contributed by atoms with E-state index in [4.69, 9.17) is 5.73 Å². The third-order valence-corrected chi connectivity index (χ3v) is 3.71. The molecular formula is C9H16N4S. The first-order chi connectivity index (χ1) is 6.63. The maximum Gasteiger partial charge on any atom is 0.205 e. The largest absolute Gasteiger partial charge is 0.346 e. The Hall–Kier alpha value is -0.680. The molecule has 0 saturated carbocycles. The normalized spacial score (nSPS) is 27.2. The topological polar surface area (TPSA) is 55.0 Å². The lowest BCUT2D eigenvalue weighted by Gasteiger charge is -2.21. The monoisotopic (exact) mass is 212 g/mol. The molecule has 2 N–H and O–H groups in total. The molecule has 0 bridgehead atoms. The van der Waals surface area contributed by atoms with Gasteiger partial charge in [0, 0.05) is 24.6 Å². The van der Waals surface area contributed by atoms with Crippen LogP contribution in [0.15, 0.2) is 0 Å². The lowest BCUT2D eigenvalue weighted by molar-refractivity contribution is 0.383. The number of aryl methyl sites for hydroxylation is 1. The van der Waals surface area contributed by atoms with E-state index in [-0.39, 0.29) is 5.41 Å². The average molecular weight is 212 g/mol. The molecule has 1 aliphatic heterocycles. The van der Waals surface area contributed by atoms with Crippen LogP contribution in [0.4, 0.5) is 5.13 Å². The quantitative estimate of drug-likeness (QED) is 0.795. The van der Waals surface area contributed by atoms with Crippen molar-refractivity contribution in [3.63, 3.8) is 0 Å². The van der Waals surface area contributed by atoms with E-state index in [2.05, 4.69) is 21.2 Å². The summed E-state index contributed by atoms with van der Waals surface area (Å²) in [6.45, 7) is 6.99. The predicted molar refractivity (Wildman–Crippen MR) is 58.6 cm³/mol. The van der Waals surface area contributed by atoms with Crippen LogP contribution in [-0.4, -0.2) is 29.0 Å². The Morgan fingerprint density at radius 1 is 1.64 bits per heavy atom. The lowest BCUT2D eigenvalue weighted by Crippen LogP contribution is -2.31. The zero-order valence-electron chi connectivity index (χ0n) is 8.66. The maximum atomic E-state index is 5.75. The van der Waals surface area contributed by atoms with Gasteiger partial charge in [0.15, 0.2) is 0 Å². The van der Waals surface area contributed by atoms with E-state index in [0.29, 0.717) is 0 Å². The van der Waals surface area contributed by atoms with E-state index in [1.54, 1.807) is 0 Å². The average Bonchev–Trinajstić information content (AvgIpc) is 2.73. The highest BCUT2D eigenvalue weighted by Gasteiger charge is 2.33. The Balaban J connectivity index is 2.09. The van der Waals surface area contributed by atoms with E-state index in [0.717, 1.165) is 37.0 Å². The highest BCUT2D eigenvalue weighted by Crippen LogP contribution is 2.32. The third-order valence-electron chi connectivity index (χ3n) is 2.84. The summed E-state index contributed by atoms with van der Waals surface area (Å²) in [4.78, 5) is 6.67. The molecule has 1 aliphatic rings. The van der Waals surface area contributed by atoms with Gasteiger partial charge in [0.25, 0.3) is 0 Å². The predicted octanol–water partition coefficient (Wildman–Crippen LogP) is 1.02. The highest BCUT2D eigenvalue weighted by atomic mass is 32.1. The molecule has 2 rings (SSSR count). The summed E-state index contributed by atoms with van der Waals surface area (Å²) in [6, 6.07) is 0. The standard InChI is InChI=1S/C9H16N4S/c1-7-11-8(14-12-7)13-4-3-9(2,5-10)6-13/h3-6,10H2,1-2H3. The summed E-state index contributed by atoms with van der Waals surface area (Å²) < 4.78 is 4.19. The molecule has 0 aliphatic carbocycles. The van der Waals surface area contributed by atoms with Crippen molar-refractivity contribution in [3.05, 3.63) is 5.82 Å². The van der Waals surface area contributed by atoms with Gasteiger partial charge in [-0.3, -0.25) is 0 Å². The molecule has 1 atom stereocenters. The minimum atomic E-state index is 0.263. The number of hydrogen-bond donors (Lipinski definition) is 1. The molecule has 0 amide bonds. The van der Waals surface area contributed by atoms with E-state index in [9.17, 15) is 0 Å². The zero-order chi connectivity index (χ0) is 10.2. The number of hydrogen-bond acceptors (Lipinski definition) is 5. The summed E-state index contributed by atoms with van der Waals surface area (Å²) in [5, 5.41) is 1.04. The first-order valence-corrected chi connectivity index (χ1v) is 5.66. The zero-order valence-corrected chi connectivity index (χ0v) is 9.47. The van der Waals surface area contributed by atoms with Crippen molar-refractivity contribution < 1.29 is 0 Å². The summed E-state index contributed by atoms with van der Waals surface area (Å²) in [6.07, 6.45) is 1.15. The van der Waals surface area contributed by atoms with Crippen molar-refractivity contribution in [3.8, 4) is 0 Å². The molecule has 14 heavy (non-hydrogen) atoms. The van der Waals surface area contributed by atoms with Crippen LogP contribution in [0.5, 0.6) is 0 Å². The Labute approximate surface area is 88.3 Å². The van der Waals surface area contributed by atoms with Crippen molar-refractivity contribution in [2.75, 3.05) is 24.5 Å². The molecule has 2 heterocycles. The summed E-state index contributed by atoms with van der Waals surface area (Å²) in [5.41, 5.74) is 6.02. The van der Waals surface area contributed by atoms with Crippen LogP contribution in [-0.2, 0) is 0 Å². The molecule has 0 aromatic carbocycles. The van der Waals surface area contributed by atoms with Gasteiger partial charge in [0.1, 0.15) is 5.82 Å². The second kappa shape index (κ2) is 3.47. The number of anilines is 1. The van der Waals surface area contributed by atoms with Crippen molar-refractivity contribution in [1.82, 2.24) is 9.36 Å². The summed E-state index contributed by atoms with van der Waals surface area (Å²) >= 11 is 1.48. The van der Waals surface area contributed by atoms with Gasteiger partial charge >= 0.3 is 0 Å². The lowest BCUT2D eigenvalue weighted by atomic mass is 9.90. The minimum absolute atomic E-state index is 0.263. The molecular weight excluding hydrogens is 196 g/mol. The van der Waals surface area contributed by atoms with Crippen LogP contribution in [0.3, 0.4) is 0 Å². The SMILES string of the molecule is Cc1nsc(N2CCC(C)(CN)C2)n1.